The van der Waals surface area contributed by atoms with Crippen LogP contribution in [0.15, 0.2) is 40.5 Å². The molecule has 36 heavy (non-hydrogen) atoms. The Labute approximate surface area is 214 Å². The number of carbonyl (C=O) groups is 1. The molecule has 1 aromatic carbocycles. The lowest BCUT2D eigenvalue weighted by Gasteiger charge is -2.32. The monoisotopic (exact) mass is 535 g/mol. The molecule has 1 atom stereocenters. The number of anilines is 1. The third-order valence-corrected chi connectivity index (χ3v) is 9.28. The number of nitro benzene ring substituents is 1. The number of nitrogens with zero attached hydrogens (tertiary/aromatic N) is 5. The molecule has 2 heterocycles. The first-order chi connectivity index (χ1) is 17.2. The van der Waals surface area contributed by atoms with Crippen LogP contribution in [0.3, 0.4) is 0 Å². The molecular weight excluding hydrogens is 506 g/mol. The highest BCUT2D eigenvalue weighted by atomic mass is 32.2. The molecule has 11 nitrogen and oxygen atoms in total. The zero-order valence-corrected chi connectivity index (χ0v) is 21.6. The second kappa shape index (κ2) is 11.1. The van der Waals surface area contributed by atoms with Gasteiger partial charge in [0.25, 0.3) is 5.69 Å². The smallest absolute Gasteiger partial charge is 0.341 e. The summed E-state index contributed by atoms with van der Waals surface area (Å²) in [5.74, 6) is -0.707. The molecule has 1 aromatic heterocycles. The number of aromatic nitrogens is 2. The topological polar surface area (TPSA) is 147 Å². The van der Waals surface area contributed by atoms with E-state index in [0.29, 0.717) is 18.1 Å². The molecule has 1 aliphatic carbocycles. The molecule has 4 rings (SSSR count). The first-order valence-corrected chi connectivity index (χ1v) is 14.5. The van der Waals surface area contributed by atoms with E-state index in [1.165, 1.54) is 46.5 Å². The van der Waals surface area contributed by atoms with Crippen molar-refractivity contribution in [2.75, 3.05) is 30.8 Å². The van der Waals surface area contributed by atoms with Gasteiger partial charge < -0.3 is 10.0 Å². The number of rotatable bonds is 10. The number of sulfonamides is 1. The van der Waals surface area contributed by atoms with Crippen molar-refractivity contribution >= 4 is 39.3 Å². The molecule has 2 fully saturated rings. The number of benzene rings is 1. The summed E-state index contributed by atoms with van der Waals surface area (Å²) in [6.07, 6.45) is 8.33. The predicted octanol–water partition coefficient (Wildman–Crippen LogP) is 3.65. The quantitative estimate of drug-likeness (QED) is 0.207. The second-order valence-electron chi connectivity index (χ2n) is 9.09. The minimum Gasteiger partial charge on any atom is -0.477 e. The summed E-state index contributed by atoms with van der Waals surface area (Å²) >= 11 is 1.29. The molecule has 2 aromatic rings. The summed E-state index contributed by atoms with van der Waals surface area (Å²) in [4.78, 5) is 32.9. The summed E-state index contributed by atoms with van der Waals surface area (Å²) in [6, 6.07) is 5.08. The highest BCUT2D eigenvalue weighted by molar-refractivity contribution is 7.98. The molecule has 0 bridgehead atoms. The van der Waals surface area contributed by atoms with Gasteiger partial charge in [-0.2, -0.15) is 4.31 Å². The van der Waals surface area contributed by atoms with Crippen LogP contribution in [0.2, 0.25) is 0 Å². The lowest BCUT2D eigenvalue weighted by molar-refractivity contribution is -0.387. The fraction of sp³-hybridized carbons (Fsp3) is 0.522. The molecule has 1 saturated carbocycles. The number of nitro groups is 1. The van der Waals surface area contributed by atoms with Crippen molar-refractivity contribution in [1.82, 2.24) is 14.3 Å². The van der Waals surface area contributed by atoms with Crippen molar-refractivity contribution in [2.24, 2.45) is 5.92 Å². The number of aromatic carboxylic acids is 1. The number of carboxylic acids is 1. The summed E-state index contributed by atoms with van der Waals surface area (Å²) in [7, 11) is -4.18. The Morgan fingerprint density at radius 2 is 1.94 bits per heavy atom. The first-order valence-electron chi connectivity index (χ1n) is 11.9. The Hall–Kier alpha value is -2.77. The lowest BCUT2D eigenvalue weighted by atomic mass is 10.1. The van der Waals surface area contributed by atoms with Gasteiger partial charge in [-0.05, 0) is 43.9 Å². The van der Waals surface area contributed by atoms with Crippen molar-refractivity contribution in [3.05, 3.63) is 46.1 Å². The Morgan fingerprint density at radius 3 is 2.61 bits per heavy atom. The average Bonchev–Trinajstić information content (AvgIpc) is 3.55. The highest BCUT2D eigenvalue weighted by Crippen LogP contribution is 2.34. The van der Waals surface area contributed by atoms with Crippen LogP contribution >= 0.6 is 11.8 Å². The molecule has 0 radical (unpaired) electrons. The van der Waals surface area contributed by atoms with E-state index in [-0.39, 0.29) is 41.3 Å². The van der Waals surface area contributed by atoms with Gasteiger partial charge in [0.2, 0.25) is 10.0 Å². The van der Waals surface area contributed by atoms with Crippen LogP contribution in [0.25, 0.3) is 0 Å². The molecule has 1 aliphatic heterocycles. The Bertz CT molecular complexity index is 1240. The molecule has 1 N–H and O–H groups in total. The molecule has 0 spiro atoms. The van der Waals surface area contributed by atoms with Gasteiger partial charge in [-0.3, -0.25) is 10.1 Å². The van der Waals surface area contributed by atoms with Gasteiger partial charge in [0, 0.05) is 37.9 Å². The minimum absolute atomic E-state index is 0.0383. The zero-order valence-electron chi connectivity index (χ0n) is 19.9. The highest BCUT2D eigenvalue weighted by Gasteiger charge is 2.38. The summed E-state index contributed by atoms with van der Waals surface area (Å²) in [5.41, 5.74) is -0.491. The predicted molar refractivity (Wildman–Crippen MR) is 135 cm³/mol. The van der Waals surface area contributed by atoms with Crippen molar-refractivity contribution in [1.29, 1.82) is 0 Å². The maximum atomic E-state index is 13.8. The van der Waals surface area contributed by atoms with Gasteiger partial charge in [0.05, 0.1) is 4.92 Å². The molecule has 0 amide bonds. The van der Waals surface area contributed by atoms with E-state index >= 15 is 0 Å². The van der Waals surface area contributed by atoms with Crippen molar-refractivity contribution in [3.63, 3.8) is 0 Å². The van der Waals surface area contributed by atoms with Crippen LogP contribution in [0.4, 0.5) is 11.5 Å². The van der Waals surface area contributed by atoms with Gasteiger partial charge >= 0.3 is 5.97 Å². The number of para-hydroxylation sites is 1. The van der Waals surface area contributed by atoms with Gasteiger partial charge in [-0.25, -0.2) is 23.2 Å². The molecule has 1 saturated heterocycles. The van der Waals surface area contributed by atoms with Gasteiger partial charge in [0.1, 0.15) is 11.4 Å². The average molecular weight is 536 g/mol. The number of thioether (sulfide) groups is 1. The molecule has 2 aliphatic rings. The molecule has 1 unspecified atom stereocenters. The Balaban J connectivity index is 1.70. The van der Waals surface area contributed by atoms with Crippen LogP contribution in [-0.4, -0.2) is 70.6 Å². The van der Waals surface area contributed by atoms with Gasteiger partial charge in [-0.15, -0.1) is 0 Å². The van der Waals surface area contributed by atoms with E-state index < -0.39 is 26.6 Å². The first kappa shape index (κ1) is 26.3. The maximum Gasteiger partial charge on any atom is 0.341 e. The fourth-order valence-electron chi connectivity index (χ4n) is 5.08. The Morgan fingerprint density at radius 1 is 1.22 bits per heavy atom. The van der Waals surface area contributed by atoms with E-state index in [1.54, 1.807) is 6.26 Å². The van der Waals surface area contributed by atoms with Crippen LogP contribution in [0.5, 0.6) is 0 Å². The van der Waals surface area contributed by atoms with E-state index in [1.807, 2.05) is 4.90 Å². The van der Waals surface area contributed by atoms with Crippen LogP contribution in [0, 0.1) is 16.0 Å². The van der Waals surface area contributed by atoms with Gasteiger partial charge in [0.15, 0.2) is 10.1 Å². The Kier molecular flexibility index (Phi) is 8.10. The van der Waals surface area contributed by atoms with Crippen LogP contribution in [-0.2, 0) is 10.0 Å². The lowest BCUT2D eigenvalue weighted by Crippen LogP contribution is -2.45. The minimum atomic E-state index is -4.18. The van der Waals surface area contributed by atoms with E-state index in [9.17, 15) is 28.4 Å². The summed E-state index contributed by atoms with van der Waals surface area (Å²) in [5, 5.41) is 21.8. The maximum absolute atomic E-state index is 13.8. The number of carboxylic acid groups (broad SMARTS) is 1. The van der Waals surface area contributed by atoms with Crippen LogP contribution < -0.4 is 4.90 Å². The van der Waals surface area contributed by atoms with Crippen molar-refractivity contribution in [3.8, 4) is 0 Å². The van der Waals surface area contributed by atoms with Crippen LogP contribution in [0.1, 0.15) is 48.9 Å². The molecule has 194 valence electrons. The molecular formula is C23H29N5O6S2. The SMILES string of the molecule is CSc1ncc(C(=O)O)c(N2CCCC2CN(CC2CCCC2)S(=O)(=O)c2ccccc2[N+](=O)[O-])n1. The normalized spacial score (nSPS) is 18.7. The zero-order chi connectivity index (χ0) is 25.9. The number of hydrogen-bond donors (Lipinski definition) is 1. The van der Waals surface area contributed by atoms with Crippen molar-refractivity contribution < 1.29 is 23.2 Å². The largest absolute Gasteiger partial charge is 0.477 e. The number of hydrogen-bond acceptors (Lipinski definition) is 9. The summed E-state index contributed by atoms with van der Waals surface area (Å²) < 4.78 is 29.0. The van der Waals surface area contributed by atoms with E-state index in [0.717, 1.165) is 32.1 Å². The van der Waals surface area contributed by atoms with E-state index in [2.05, 4.69) is 9.97 Å². The second-order valence-corrected chi connectivity index (χ2v) is 11.8. The third-order valence-electron chi connectivity index (χ3n) is 6.84. The standard InChI is InChI=1S/C23H29N5O6S2/c1-35-23-24-13-18(22(29)30)21(25-23)27-12-6-9-17(27)15-26(14-16-7-2-3-8-16)36(33,34)20-11-5-4-10-19(20)28(31)32/h4-5,10-11,13,16-17H,2-3,6-9,12,14-15H2,1H3,(H,29,30). The van der Waals surface area contributed by atoms with E-state index in [4.69, 9.17) is 0 Å². The molecule has 13 heteroatoms. The van der Waals surface area contributed by atoms with Crippen molar-refractivity contribution in [2.45, 2.75) is 54.6 Å². The summed E-state index contributed by atoms with van der Waals surface area (Å²) in [6.45, 7) is 0.880. The third kappa shape index (κ3) is 5.47. The fourth-order valence-corrected chi connectivity index (χ4v) is 7.13. The van der Waals surface area contributed by atoms with Gasteiger partial charge in [-0.1, -0.05) is 36.7 Å².